The van der Waals surface area contributed by atoms with Gasteiger partial charge in [-0.1, -0.05) is 36.9 Å². The Morgan fingerprint density at radius 1 is 1.36 bits per heavy atom. The molecule has 1 aromatic heterocycles. The lowest BCUT2D eigenvalue weighted by molar-refractivity contribution is -0.163. The van der Waals surface area contributed by atoms with E-state index in [9.17, 15) is 19.8 Å². The molecule has 0 radical (unpaired) electrons. The second-order valence-corrected chi connectivity index (χ2v) is 7.66. The number of hydrogen-bond acceptors (Lipinski definition) is 4. The van der Waals surface area contributed by atoms with Crippen molar-refractivity contribution in [2.75, 3.05) is 0 Å². The van der Waals surface area contributed by atoms with E-state index in [0.717, 1.165) is 15.8 Å². The van der Waals surface area contributed by atoms with Gasteiger partial charge in [0.25, 0.3) is 0 Å². The van der Waals surface area contributed by atoms with Gasteiger partial charge in [-0.05, 0) is 13.0 Å². The summed E-state index contributed by atoms with van der Waals surface area (Å²) in [5.41, 5.74) is 1.03. The van der Waals surface area contributed by atoms with Crippen molar-refractivity contribution in [2.45, 2.75) is 30.9 Å². The molecule has 4 atom stereocenters. The Labute approximate surface area is 148 Å². The zero-order chi connectivity index (χ0) is 17.9. The molecule has 1 aromatic carbocycles. The summed E-state index contributed by atoms with van der Waals surface area (Å²) in [6.45, 7) is 3.50. The Balaban J connectivity index is 1.75. The number of aromatic nitrogens is 1. The van der Waals surface area contributed by atoms with Crippen LogP contribution < -0.4 is 0 Å². The van der Waals surface area contributed by atoms with Crippen molar-refractivity contribution in [1.29, 1.82) is 0 Å². The van der Waals surface area contributed by atoms with Crippen LogP contribution in [0.1, 0.15) is 13.8 Å². The van der Waals surface area contributed by atoms with E-state index in [1.807, 2.05) is 37.4 Å². The maximum Gasteiger partial charge on any atom is 0.353 e. The highest BCUT2D eigenvalue weighted by Gasteiger charge is 2.60. The van der Waals surface area contributed by atoms with Crippen molar-refractivity contribution in [1.82, 2.24) is 9.88 Å². The second kappa shape index (κ2) is 5.64. The lowest BCUT2D eigenvalue weighted by Crippen LogP contribution is -2.63. The Hall–Kier alpha value is -2.25. The Morgan fingerprint density at radius 2 is 2.08 bits per heavy atom. The minimum Gasteiger partial charge on any atom is -0.477 e. The first-order chi connectivity index (χ1) is 11.9. The quantitative estimate of drug-likeness (QED) is 0.730. The van der Waals surface area contributed by atoms with Gasteiger partial charge in [0.05, 0.1) is 18.1 Å². The average Bonchev–Trinajstić information content (AvgIpc) is 3.06. The van der Waals surface area contributed by atoms with E-state index in [2.05, 4.69) is 4.98 Å². The van der Waals surface area contributed by atoms with Gasteiger partial charge in [-0.25, -0.2) is 4.79 Å². The van der Waals surface area contributed by atoms with Crippen LogP contribution in [-0.4, -0.2) is 44.1 Å². The molecule has 0 saturated carbocycles. The van der Waals surface area contributed by atoms with Gasteiger partial charge in [0.15, 0.2) is 0 Å². The topological polar surface area (TPSA) is 93.6 Å². The number of nitrogens with one attached hydrogen (secondary N) is 1. The molecule has 4 unspecified atom stereocenters. The number of benzene rings is 1. The molecule has 4 rings (SSSR count). The number of aromatic amines is 1. The molecule has 0 aliphatic carbocycles. The molecule has 0 bridgehead atoms. The van der Waals surface area contributed by atoms with E-state index >= 15 is 0 Å². The molecule has 2 aliphatic rings. The molecule has 7 heteroatoms. The van der Waals surface area contributed by atoms with E-state index in [4.69, 9.17) is 0 Å². The summed E-state index contributed by atoms with van der Waals surface area (Å²) in [6, 6.07) is 7.53. The van der Waals surface area contributed by atoms with E-state index in [1.165, 1.54) is 16.7 Å². The Kier molecular flexibility index (Phi) is 3.66. The van der Waals surface area contributed by atoms with Crippen LogP contribution in [0.4, 0.5) is 0 Å². The number of amides is 1. The largest absolute Gasteiger partial charge is 0.477 e. The zero-order valence-corrected chi connectivity index (χ0v) is 14.6. The first-order valence-corrected chi connectivity index (χ1v) is 8.96. The average molecular weight is 358 g/mol. The van der Waals surface area contributed by atoms with Crippen LogP contribution in [0.2, 0.25) is 0 Å². The smallest absolute Gasteiger partial charge is 0.353 e. The third kappa shape index (κ3) is 2.22. The van der Waals surface area contributed by atoms with E-state index < -0.39 is 18.0 Å². The summed E-state index contributed by atoms with van der Waals surface area (Å²) < 4.78 is 0. The minimum absolute atomic E-state index is 0.0506. The van der Waals surface area contributed by atoms with Gasteiger partial charge in [0, 0.05) is 32.8 Å². The van der Waals surface area contributed by atoms with Crippen LogP contribution in [0.15, 0.2) is 46.0 Å². The Bertz CT molecular complexity index is 917. The number of carboxylic acids is 1. The fourth-order valence-electron chi connectivity index (χ4n) is 3.90. The molecule has 1 amide bonds. The van der Waals surface area contributed by atoms with Crippen LogP contribution in [0.25, 0.3) is 10.9 Å². The summed E-state index contributed by atoms with van der Waals surface area (Å²) in [5.74, 6) is -2.08. The van der Waals surface area contributed by atoms with Gasteiger partial charge in [0.1, 0.15) is 5.70 Å². The highest BCUT2D eigenvalue weighted by atomic mass is 32.2. The van der Waals surface area contributed by atoms with Crippen molar-refractivity contribution >= 4 is 34.5 Å². The normalized spacial score (nSPS) is 26.8. The number of carboxylic acid groups (broad SMARTS) is 1. The number of β-lactam (4-membered cyclic amide) rings is 1. The number of nitrogens with zero attached hydrogens (tertiary/aromatic N) is 1. The van der Waals surface area contributed by atoms with Crippen molar-refractivity contribution in [3.63, 3.8) is 0 Å². The van der Waals surface area contributed by atoms with Gasteiger partial charge in [-0.2, -0.15) is 0 Å². The fraction of sp³-hybridized carbons (Fsp3) is 0.333. The predicted octanol–water partition coefficient (Wildman–Crippen LogP) is 2.41. The van der Waals surface area contributed by atoms with Crippen LogP contribution in [0.5, 0.6) is 0 Å². The summed E-state index contributed by atoms with van der Waals surface area (Å²) in [5, 5.41) is 20.6. The highest BCUT2D eigenvalue weighted by molar-refractivity contribution is 8.03. The predicted molar refractivity (Wildman–Crippen MR) is 93.8 cm³/mol. The summed E-state index contributed by atoms with van der Waals surface area (Å²) >= 11 is 1.39. The maximum atomic E-state index is 12.4. The van der Waals surface area contributed by atoms with Gasteiger partial charge in [-0.15, -0.1) is 0 Å². The van der Waals surface area contributed by atoms with Crippen molar-refractivity contribution < 1.29 is 19.8 Å². The second-order valence-electron chi connectivity index (χ2n) is 6.57. The number of carbonyl (C=O) groups excluding carboxylic acids is 1. The molecule has 1 fully saturated rings. The summed E-state index contributed by atoms with van der Waals surface area (Å²) in [7, 11) is 0. The van der Waals surface area contributed by atoms with Crippen LogP contribution in [-0.2, 0) is 9.59 Å². The number of aliphatic hydroxyl groups excluding tert-OH is 1. The number of aliphatic carboxylic acids is 1. The molecular formula is C18H18N2O4S. The molecule has 0 spiro atoms. The van der Waals surface area contributed by atoms with Gasteiger partial charge in [0.2, 0.25) is 5.91 Å². The molecule has 6 nitrogen and oxygen atoms in total. The first kappa shape index (κ1) is 16.2. The lowest BCUT2D eigenvalue weighted by Gasteiger charge is -2.46. The molecule has 2 aromatic rings. The summed E-state index contributed by atoms with van der Waals surface area (Å²) in [6.07, 6.45) is 1.07. The zero-order valence-electron chi connectivity index (χ0n) is 13.8. The molecule has 1 saturated heterocycles. The SMILES string of the molecule is CC(O)C1C(=O)N2C(C(=O)O)=C(Sc3c[nH]c4ccccc34)C(C)C12. The highest BCUT2D eigenvalue weighted by Crippen LogP contribution is 2.52. The number of hydrogen-bond donors (Lipinski definition) is 3. The van der Waals surface area contributed by atoms with E-state index in [0.29, 0.717) is 4.91 Å². The lowest BCUT2D eigenvalue weighted by atomic mass is 9.79. The first-order valence-electron chi connectivity index (χ1n) is 8.14. The van der Waals surface area contributed by atoms with Crippen molar-refractivity contribution in [3.8, 4) is 0 Å². The van der Waals surface area contributed by atoms with E-state index in [1.54, 1.807) is 6.92 Å². The number of H-pyrrole nitrogens is 1. The number of thioether (sulfide) groups is 1. The molecule has 3 heterocycles. The summed E-state index contributed by atoms with van der Waals surface area (Å²) in [4.78, 5) is 30.3. The molecule has 3 N–H and O–H groups in total. The number of rotatable bonds is 4. The third-order valence-corrected chi connectivity index (χ3v) is 6.43. The molecule has 130 valence electrons. The molecule has 2 aliphatic heterocycles. The van der Waals surface area contributed by atoms with Crippen molar-refractivity contribution in [2.24, 2.45) is 11.8 Å². The van der Waals surface area contributed by atoms with Crippen LogP contribution in [0, 0.1) is 11.8 Å². The van der Waals surface area contributed by atoms with Gasteiger partial charge in [-0.3, -0.25) is 4.79 Å². The van der Waals surface area contributed by atoms with Crippen LogP contribution in [0.3, 0.4) is 0 Å². The minimum atomic E-state index is -1.10. The Morgan fingerprint density at radius 3 is 2.76 bits per heavy atom. The number of fused-ring (bicyclic) bond motifs is 2. The number of aliphatic hydroxyl groups is 1. The van der Waals surface area contributed by atoms with Crippen LogP contribution >= 0.6 is 11.8 Å². The van der Waals surface area contributed by atoms with Gasteiger partial charge < -0.3 is 20.1 Å². The fourth-order valence-corrected chi connectivity index (χ4v) is 5.16. The molecular weight excluding hydrogens is 340 g/mol. The van der Waals surface area contributed by atoms with E-state index in [-0.39, 0.29) is 23.6 Å². The van der Waals surface area contributed by atoms with Gasteiger partial charge >= 0.3 is 5.97 Å². The number of carbonyl (C=O) groups is 2. The third-order valence-electron chi connectivity index (χ3n) is 5.08. The maximum absolute atomic E-state index is 12.4. The van der Waals surface area contributed by atoms with Crippen molar-refractivity contribution in [3.05, 3.63) is 41.1 Å². The monoisotopic (exact) mass is 358 g/mol. The number of para-hydroxylation sites is 1. The standard InChI is InChI=1S/C18H18N2O4S/c1-8-14-13(9(2)21)17(22)20(14)15(18(23)24)16(8)25-12-7-19-11-6-4-3-5-10(11)12/h3-9,13-14,19,21H,1-2H3,(H,23,24). The molecule has 25 heavy (non-hydrogen) atoms.